The molecule has 0 aromatic heterocycles. The molecular formula is C15H20ClN2+. The lowest BCUT2D eigenvalue weighted by atomic mass is 9.78. The Kier molecular flexibility index (Phi) is 2.57. The minimum atomic E-state index is 0.0963. The molecule has 3 heteroatoms. The van der Waals surface area contributed by atoms with E-state index in [2.05, 4.69) is 37.6 Å². The van der Waals surface area contributed by atoms with Gasteiger partial charge < -0.3 is 0 Å². The van der Waals surface area contributed by atoms with E-state index in [9.17, 15) is 0 Å². The van der Waals surface area contributed by atoms with Gasteiger partial charge in [0.05, 0.1) is 5.92 Å². The van der Waals surface area contributed by atoms with Gasteiger partial charge in [0.1, 0.15) is 5.54 Å². The second kappa shape index (κ2) is 3.80. The Labute approximate surface area is 114 Å². The van der Waals surface area contributed by atoms with Crippen LogP contribution in [-0.4, -0.2) is 15.8 Å². The van der Waals surface area contributed by atoms with Crippen LogP contribution in [0.2, 0.25) is 5.02 Å². The molecular weight excluding hydrogens is 244 g/mol. The van der Waals surface area contributed by atoms with Gasteiger partial charge in [0, 0.05) is 31.0 Å². The highest BCUT2D eigenvalue weighted by Gasteiger charge is 2.61. The van der Waals surface area contributed by atoms with E-state index < -0.39 is 0 Å². The van der Waals surface area contributed by atoms with Crippen molar-refractivity contribution in [1.29, 1.82) is 0 Å². The number of nitrogens with zero attached hydrogens (tertiary/aromatic N) is 2. The molecule has 1 saturated carbocycles. The van der Waals surface area contributed by atoms with Crippen molar-refractivity contribution >= 4 is 17.3 Å². The predicted molar refractivity (Wildman–Crippen MR) is 73.6 cm³/mol. The van der Waals surface area contributed by atoms with Crippen molar-refractivity contribution in [3.8, 4) is 0 Å². The van der Waals surface area contributed by atoms with Crippen LogP contribution in [0.15, 0.2) is 29.4 Å². The molecule has 18 heavy (non-hydrogen) atoms. The van der Waals surface area contributed by atoms with Crippen LogP contribution in [0.4, 0.5) is 5.69 Å². The first-order valence-corrected chi connectivity index (χ1v) is 7.10. The highest BCUT2D eigenvalue weighted by molar-refractivity contribution is 6.30. The van der Waals surface area contributed by atoms with E-state index in [4.69, 9.17) is 16.7 Å². The Balaban J connectivity index is 2.07. The average Bonchev–Trinajstić information content (AvgIpc) is 2.78. The predicted octanol–water partition coefficient (Wildman–Crippen LogP) is 4.79. The second-order valence-electron chi connectivity index (χ2n) is 6.34. The molecule has 0 spiro atoms. The molecule has 1 aromatic carbocycles. The Morgan fingerprint density at radius 2 is 1.89 bits per heavy atom. The van der Waals surface area contributed by atoms with E-state index >= 15 is 0 Å². The molecule has 96 valence electrons. The average molecular weight is 264 g/mol. The van der Waals surface area contributed by atoms with E-state index in [0.29, 0.717) is 5.92 Å². The molecule has 1 aromatic rings. The van der Waals surface area contributed by atoms with Crippen LogP contribution < -0.4 is 0 Å². The molecule has 3 rings (SSSR count). The van der Waals surface area contributed by atoms with Gasteiger partial charge in [-0.3, -0.25) is 0 Å². The Morgan fingerprint density at radius 3 is 2.50 bits per heavy atom. The van der Waals surface area contributed by atoms with Crippen LogP contribution >= 0.6 is 11.6 Å². The van der Waals surface area contributed by atoms with E-state index in [-0.39, 0.29) is 11.1 Å². The number of hydrogen-bond donors (Lipinski definition) is 0. The molecule has 1 aliphatic carbocycles. The number of fused-ring (bicyclic) bond motifs is 1. The summed E-state index contributed by atoms with van der Waals surface area (Å²) in [5, 5.41) is 5.80. The normalized spacial score (nSPS) is 33.3. The second-order valence-corrected chi connectivity index (χ2v) is 6.78. The van der Waals surface area contributed by atoms with Crippen LogP contribution in [0, 0.1) is 5.92 Å². The van der Waals surface area contributed by atoms with Crippen LogP contribution in [0.3, 0.4) is 0 Å². The van der Waals surface area contributed by atoms with Gasteiger partial charge in [-0.25, -0.2) is 0 Å². The zero-order chi connectivity index (χ0) is 13.0. The maximum atomic E-state index is 5.96. The summed E-state index contributed by atoms with van der Waals surface area (Å²) in [6.45, 7) is 6.93. The number of hydrogen-bond acceptors (Lipinski definition) is 1. The lowest BCUT2D eigenvalue weighted by Gasteiger charge is -2.23. The molecule has 0 radical (unpaired) electrons. The van der Waals surface area contributed by atoms with Crippen molar-refractivity contribution in [2.45, 2.75) is 51.1 Å². The third-order valence-corrected chi connectivity index (χ3v) is 4.98. The van der Waals surface area contributed by atoms with Crippen molar-refractivity contribution < 1.29 is 4.70 Å². The largest absolute Gasteiger partial charge is 0.232 e. The number of azo groups is 2. The van der Waals surface area contributed by atoms with Gasteiger partial charge in [-0.2, -0.15) is 0 Å². The zero-order valence-corrected chi connectivity index (χ0v) is 12.0. The van der Waals surface area contributed by atoms with Crippen molar-refractivity contribution in [2.24, 2.45) is 11.0 Å². The van der Waals surface area contributed by atoms with Crippen molar-refractivity contribution in [3.63, 3.8) is 0 Å². The highest BCUT2D eigenvalue weighted by Crippen LogP contribution is 2.52. The summed E-state index contributed by atoms with van der Waals surface area (Å²) in [5.74, 6) is 0.653. The summed E-state index contributed by atoms with van der Waals surface area (Å²) in [5.41, 5.74) is 1.38. The molecule has 0 saturated heterocycles. The van der Waals surface area contributed by atoms with Gasteiger partial charge in [0.25, 0.3) is 0 Å². The molecule has 1 aliphatic heterocycles. The first-order chi connectivity index (χ1) is 8.43. The summed E-state index contributed by atoms with van der Waals surface area (Å²) in [6.07, 6.45) is 3.81. The first-order valence-electron chi connectivity index (χ1n) is 6.72. The lowest BCUT2D eigenvalue weighted by Crippen LogP contribution is -2.40. The molecule has 0 bridgehead atoms. The SMILES string of the molecule is CC1(C)[C@@H]2CCC[C@]2(C)N=[N+]1c1ccc(Cl)cc1. The first kappa shape index (κ1) is 12.2. The molecule has 0 unspecified atom stereocenters. The van der Waals surface area contributed by atoms with E-state index in [0.717, 1.165) is 10.7 Å². The summed E-state index contributed by atoms with van der Waals surface area (Å²) >= 11 is 5.96. The Hall–Kier alpha value is -0.890. The van der Waals surface area contributed by atoms with Gasteiger partial charge in [0.2, 0.25) is 5.69 Å². The summed E-state index contributed by atoms with van der Waals surface area (Å²) in [4.78, 5) is 0. The van der Waals surface area contributed by atoms with Crippen LogP contribution in [-0.2, 0) is 0 Å². The van der Waals surface area contributed by atoms with Crippen molar-refractivity contribution in [3.05, 3.63) is 29.3 Å². The topological polar surface area (TPSA) is 15.4 Å². The van der Waals surface area contributed by atoms with Gasteiger partial charge >= 0.3 is 0 Å². The molecule has 2 aliphatic rings. The Bertz CT molecular complexity index is 504. The third kappa shape index (κ3) is 1.62. The molecule has 2 nitrogen and oxygen atoms in total. The fourth-order valence-electron chi connectivity index (χ4n) is 3.86. The Morgan fingerprint density at radius 1 is 1.22 bits per heavy atom. The van der Waals surface area contributed by atoms with Crippen LogP contribution in [0.5, 0.6) is 0 Å². The van der Waals surface area contributed by atoms with E-state index in [1.807, 2.05) is 12.1 Å². The maximum absolute atomic E-state index is 5.96. The minimum absolute atomic E-state index is 0.0963. The van der Waals surface area contributed by atoms with Crippen LogP contribution in [0.1, 0.15) is 40.0 Å². The molecule has 1 fully saturated rings. The van der Waals surface area contributed by atoms with Gasteiger partial charge in [-0.1, -0.05) is 22.7 Å². The van der Waals surface area contributed by atoms with Crippen molar-refractivity contribution in [2.75, 3.05) is 0 Å². The fourth-order valence-corrected chi connectivity index (χ4v) is 3.99. The quantitative estimate of drug-likeness (QED) is 0.648. The lowest BCUT2D eigenvalue weighted by molar-refractivity contribution is -0.579. The molecule has 0 N–H and O–H groups in total. The van der Waals surface area contributed by atoms with Crippen LogP contribution in [0.25, 0.3) is 0 Å². The molecule has 2 atom stereocenters. The standard InChI is InChI=1S/C15H20ClN2/c1-14(2)13-5-4-10-15(13,3)17-18(14)12-8-6-11(16)7-9-12/h6-9,13H,4-5,10H2,1-3H3/q+1/t13-,15-/m0/s1. The molecule has 0 amide bonds. The minimum Gasteiger partial charge on any atom is -0.0843 e. The summed E-state index contributed by atoms with van der Waals surface area (Å²) in [7, 11) is 0. The van der Waals surface area contributed by atoms with Crippen molar-refractivity contribution in [1.82, 2.24) is 0 Å². The third-order valence-electron chi connectivity index (χ3n) is 4.72. The highest BCUT2D eigenvalue weighted by atomic mass is 35.5. The van der Waals surface area contributed by atoms with E-state index in [1.54, 1.807) is 0 Å². The van der Waals surface area contributed by atoms with Gasteiger partial charge in [0.15, 0.2) is 5.54 Å². The van der Waals surface area contributed by atoms with Gasteiger partial charge in [-0.05, 0) is 37.0 Å². The maximum Gasteiger partial charge on any atom is 0.232 e. The molecule has 1 heterocycles. The zero-order valence-electron chi connectivity index (χ0n) is 11.3. The monoisotopic (exact) mass is 263 g/mol. The fraction of sp³-hybridized carbons (Fsp3) is 0.600. The summed E-state index contributed by atoms with van der Waals surface area (Å²) < 4.78 is 2.22. The smallest absolute Gasteiger partial charge is 0.0843 e. The number of rotatable bonds is 1. The number of benzene rings is 1. The van der Waals surface area contributed by atoms with E-state index in [1.165, 1.54) is 19.3 Å². The summed E-state index contributed by atoms with van der Waals surface area (Å²) in [6, 6.07) is 8.02. The number of halogens is 1. The van der Waals surface area contributed by atoms with Gasteiger partial charge in [-0.15, -0.1) is 0 Å².